The fourth-order valence-electron chi connectivity index (χ4n) is 2.02. The van der Waals surface area contributed by atoms with Crippen LogP contribution in [-0.4, -0.2) is 33.3 Å². The molecule has 1 aromatic rings. The Morgan fingerprint density at radius 3 is 2.56 bits per heavy atom. The first kappa shape index (κ1) is 11.3. The summed E-state index contributed by atoms with van der Waals surface area (Å²) in [6, 6.07) is 8.22. The lowest BCUT2D eigenvalue weighted by Crippen LogP contribution is -2.34. The third kappa shape index (κ3) is 2.67. The molecule has 1 heterocycles. The predicted octanol–water partition coefficient (Wildman–Crippen LogP) is 1.88. The largest absolute Gasteiger partial charge is 0.488 e. The van der Waals surface area contributed by atoms with Crippen LogP contribution < -0.4 is 15.0 Å². The zero-order chi connectivity index (χ0) is 11.4. The van der Waals surface area contributed by atoms with Gasteiger partial charge < -0.3 is 15.0 Å². The van der Waals surface area contributed by atoms with Crippen LogP contribution in [0.25, 0.3) is 0 Å². The van der Waals surface area contributed by atoms with E-state index < -0.39 is 0 Å². The normalized spacial score (nSPS) is 17.1. The number of nitrogens with zero attached hydrogens (tertiary/aromatic N) is 1. The van der Waals surface area contributed by atoms with Gasteiger partial charge in [-0.05, 0) is 38.1 Å². The van der Waals surface area contributed by atoms with Crippen LogP contribution in [0.3, 0.4) is 0 Å². The van der Waals surface area contributed by atoms with Gasteiger partial charge in [-0.25, -0.2) is 0 Å². The highest BCUT2D eigenvalue weighted by atomic mass is 16.5. The monoisotopic (exact) mass is 220 g/mol. The first-order valence-electron chi connectivity index (χ1n) is 5.91. The van der Waals surface area contributed by atoms with Crippen molar-refractivity contribution in [1.29, 1.82) is 0 Å². The van der Waals surface area contributed by atoms with Gasteiger partial charge in [0.1, 0.15) is 11.9 Å². The number of benzene rings is 1. The van der Waals surface area contributed by atoms with Crippen molar-refractivity contribution in [3.05, 3.63) is 24.3 Å². The molecule has 0 amide bonds. The zero-order valence-electron chi connectivity index (χ0n) is 10.1. The van der Waals surface area contributed by atoms with Gasteiger partial charge in [0, 0.05) is 14.1 Å². The van der Waals surface area contributed by atoms with Crippen LogP contribution in [0.2, 0.25) is 0 Å². The Bertz CT molecular complexity index is 332. The molecule has 1 fully saturated rings. The maximum Gasteiger partial charge on any atom is 0.142 e. The van der Waals surface area contributed by atoms with E-state index in [0.29, 0.717) is 6.10 Å². The summed E-state index contributed by atoms with van der Waals surface area (Å²) in [6.45, 7) is 2.13. The first-order chi connectivity index (χ1) is 7.77. The summed E-state index contributed by atoms with van der Waals surface area (Å²) in [6.07, 6.45) is 2.56. The molecule has 0 atom stereocenters. The average molecular weight is 220 g/mol. The van der Waals surface area contributed by atoms with E-state index in [-0.39, 0.29) is 0 Å². The van der Waals surface area contributed by atoms with E-state index in [1.165, 1.54) is 0 Å². The number of piperidine rings is 1. The fraction of sp³-hybridized carbons (Fsp3) is 0.538. The van der Waals surface area contributed by atoms with E-state index in [2.05, 4.69) is 22.3 Å². The van der Waals surface area contributed by atoms with Gasteiger partial charge in [0.15, 0.2) is 0 Å². The molecule has 1 saturated heterocycles. The zero-order valence-corrected chi connectivity index (χ0v) is 10.1. The van der Waals surface area contributed by atoms with E-state index >= 15 is 0 Å². The van der Waals surface area contributed by atoms with Crippen LogP contribution in [0, 0.1) is 0 Å². The summed E-state index contributed by atoms with van der Waals surface area (Å²) in [4.78, 5) is 2.09. The minimum absolute atomic E-state index is 0.363. The third-order valence-electron chi connectivity index (χ3n) is 2.93. The van der Waals surface area contributed by atoms with Crippen LogP contribution in [0.4, 0.5) is 5.69 Å². The van der Waals surface area contributed by atoms with E-state index in [4.69, 9.17) is 4.74 Å². The minimum atomic E-state index is 0.363. The molecule has 2 rings (SSSR count). The SMILES string of the molecule is CN(C)c1ccccc1OC1CCNCC1. The molecule has 0 unspecified atom stereocenters. The minimum Gasteiger partial charge on any atom is -0.488 e. The Morgan fingerprint density at radius 1 is 1.19 bits per heavy atom. The highest BCUT2D eigenvalue weighted by Gasteiger charge is 2.16. The molecule has 88 valence electrons. The second-order valence-corrected chi connectivity index (χ2v) is 4.43. The van der Waals surface area contributed by atoms with Gasteiger partial charge in [0.2, 0.25) is 0 Å². The second kappa shape index (κ2) is 5.21. The summed E-state index contributed by atoms with van der Waals surface area (Å²) in [5, 5.41) is 3.35. The summed E-state index contributed by atoms with van der Waals surface area (Å²) in [7, 11) is 4.09. The van der Waals surface area contributed by atoms with Crippen LogP contribution in [0.1, 0.15) is 12.8 Å². The van der Waals surface area contributed by atoms with Gasteiger partial charge in [-0.1, -0.05) is 12.1 Å². The van der Waals surface area contributed by atoms with Gasteiger partial charge in [0.05, 0.1) is 5.69 Å². The molecule has 1 aliphatic heterocycles. The Kier molecular flexibility index (Phi) is 3.67. The van der Waals surface area contributed by atoms with Gasteiger partial charge in [-0.2, -0.15) is 0 Å². The molecule has 0 aromatic heterocycles. The maximum atomic E-state index is 6.07. The molecule has 16 heavy (non-hydrogen) atoms. The Morgan fingerprint density at radius 2 is 1.88 bits per heavy atom. The molecule has 3 heteroatoms. The average Bonchev–Trinajstić information content (AvgIpc) is 2.31. The van der Waals surface area contributed by atoms with Crippen LogP contribution >= 0.6 is 0 Å². The van der Waals surface area contributed by atoms with Crippen molar-refractivity contribution in [3.63, 3.8) is 0 Å². The smallest absolute Gasteiger partial charge is 0.142 e. The van der Waals surface area contributed by atoms with Crippen molar-refractivity contribution < 1.29 is 4.74 Å². The number of para-hydroxylation sites is 2. The van der Waals surface area contributed by atoms with Crippen molar-refractivity contribution >= 4 is 5.69 Å². The van der Waals surface area contributed by atoms with Gasteiger partial charge in [-0.3, -0.25) is 0 Å². The van der Waals surface area contributed by atoms with Crippen molar-refractivity contribution in [2.24, 2.45) is 0 Å². The molecule has 1 aliphatic rings. The number of hydrogen-bond acceptors (Lipinski definition) is 3. The molecular formula is C13H20N2O. The lowest BCUT2D eigenvalue weighted by molar-refractivity contribution is 0.163. The standard InChI is InChI=1S/C13H20N2O/c1-15(2)12-5-3-4-6-13(12)16-11-7-9-14-10-8-11/h3-6,11,14H,7-10H2,1-2H3. The van der Waals surface area contributed by atoms with E-state index in [1.807, 2.05) is 26.2 Å². The maximum absolute atomic E-state index is 6.07. The highest BCUT2D eigenvalue weighted by Crippen LogP contribution is 2.28. The lowest BCUT2D eigenvalue weighted by Gasteiger charge is -2.26. The molecule has 0 radical (unpaired) electrons. The molecule has 1 aromatic carbocycles. The Labute approximate surface area is 97.4 Å². The van der Waals surface area contributed by atoms with Crippen molar-refractivity contribution in [1.82, 2.24) is 5.32 Å². The topological polar surface area (TPSA) is 24.5 Å². The van der Waals surface area contributed by atoms with Crippen molar-refractivity contribution in [2.75, 3.05) is 32.1 Å². The summed E-state index contributed by atoms with van der Waals surface area (Å²) >= 11 is 0. The number of hydrogen-bond donors (Lipinski definition) is 1. The first-order valence-corrected chi connectivity index (χ1v) is 5.91. The summed E-state index contributed by atoms with van der Waals surface area (Å²) in [5.74, 6) is 0.999. The third-order valence-corrected chi connectivity index (χ3v) is 2.93. The lowest BCUT2D eigenvalue weighted by atomic mass is 10.1. The van der Waals surface area contributed by atoms with Crippen molar-refractivity contribution in [3.8, 4) is 5.75 Å². The van der Waals surface area contributed by atoms with E-state index in [9.17, 15) is 0 Å². The molecule has 3 nitrogen and oxygen atoms in total. The molecular weight excluding hydrogens is 200 g/mol. The number of anilines is 1. The Hall–Kier alpha value is -1.22. The van der Waals surface area contributed by atoms with E-state index in [1.54, 1.807) is 0 Å². The molecule has 0 saturated carbocycles. The van der Waals surface area contributed by atoms with Gasteiger partial charge in [-0.15, -0.1) is 0 Å². The molecule has 0 spiro atoms. The van der Waals surface area contributed by atoms with Gasteiger partial charge in [0.25, 0.3) is 0 Å². The summed E-state index contributed by atoms with van der Waals surface area (Å²) < 4.78 is 6.07. The molecule has 0 bridgehead atoms. The molecule has 1 N–H and O–H groups in total. The number of nitrogens with one attached hydrogen (secondary N) is 1. The number of ether oxygens (including phenoxy) is 1. The van der Waals surface area contributed by atoms with Crippen molar-refractivity contribution in [2.45, 2.75) is 18.9 Å². The molecule has 0 aliphatic carbocycles. The van der Waals surface area contributed by atoms with E-state index in [0.717, 1.165) is 37.4 Å². The van der Waals surface area contributed by atoms with Gasteiger partial charge >= 0.3 is 0 Å². The fourth-order valence-corrected chi connectivity index (χ4v) is 2.02. The predicted molar refractivity (Wildman–Crippen MR) is 67.3 cm³/mol. The summed E-state index contributed by atoms with van der Waals surface area (Å²) in [5.41, 5.74) is 1.15. The quantitative estimate of drug-likeness (QED) is 0.842. The van der Waals surface area contributed by atoms with Crippen LogP contribution in [0.15, 0.2) is 24.3 Å². The van der Waals surface area contributed by atoms with Crippen LogP contribution in [0.5, 0.6) is 5.75 Å². The highest BCUT2D eigenvalue weighted by molar-refractivity contribution is 5.57. The van der Waals surface area contributed by atoms with Crippen LogP contribution in [-0.2, 0) is 0 Å². The number of rotatable bonds is 3. The second-order valence-electron chi connectivity index (χ2n) is 4.43. The Balaban J connectivity index is 2.07.